The number of piperazine rings is 1. The Balaban J connectivity index is 1.50. The summed E-state index contributed by atoms with van der Waals surface area (Å²) in [6.45, 7) is 9.86. The summed E-state index contributed by atoms with van der Waals surface area (Å²) < 4.78 is 0. The number of anilines is 1. The van der Waals surface area contributed by atoms with Crippen molar-refractivity contribution in [2.45, 2.75) is 45.1 Å². The molecule has 1 saturated heterocycles. The predicted octanol–water partition coefficient (Wildman–Crippen LogP) is 3.67. The largest absolute Gasteiger partial charge is 0.366 e. The van der Waals surface area contributed by atoms with E-state index < -0.39 is 0 Å². The maximum Gasteiger partial charge on any atom is 0.102 e. The third-order valence-electron chi connectivity index (χ3n) is 6.34. The molecule has 1 atom stereocenters. The quantitative estimate of drug-likeness (QED) is 0.644. The Morgan fingerprint density at radius 3 is 2.78 bits per heavy atom. The number of aromatic nitrogens is 1. The van der Waals surface area contributed by atoms with Gasteiger partial charge in [-0.25, -0.2) is 0 Å². The molecule has 3 aromatic rings. The van der Waals surface area contributed by atoms with Gasteiger partial charge in [-0.15, -0.1) is 11.3 Å². The van der Waals surface area contributed by atoms with E-state index in [2.05, 4.69) is 85.0 Å². The Bertz CT molecular complexity index is 1210. The van der Waals surface area contributed by atoms with E-state index in [9.17, 15) is 0 Å². The average Bonchev–Trinajstić information content (AvgIpc) is 3.16. The lowest BCUT2D eigenvalue weighted by Crippen LogP contribution is -2.51. The second-order valence-corrected chi connectivity index (χ2v) is 10.9. The number of hydrogen-bond donors (Lipinski definition) is 2. The zero-order chi connectivity index (χ0) is 22.1. The van der Waals surface area contributed by atoms with Gasteiger partial charge in [-0.05, 0) is 42.0 Å². The molecule has 0 amide bonds. The minimum atomic E-state index is 0.123. The second kappa shape index (κ2) is 8.72. The molecule has 0 bridgehead atoms. The average molecular weight is 445 g/mol. The summed E-state index contributed by atoms with van der Waals surface area (Å²) in [6, 6.07) is 17.9. The summed E-state index contributed by atoms with van der Waals surface area (Å²) in [4.78, 5) is 8.82. The van der Waals surface area contributed by atoms with E-state index in [1.165, 1.54) is 26.7 Å². The molecule has 2 aliphatic rings. The van der Waals surface area contributed by atoms with Crippen molar-refractivity contribution in [2.75, 3.05) is 25.0 Å². The fourth-order valence-electron chi connectivity index (χ4n) is 4.57. The maximum absolute atomic E-state index is 4.86. The van der Waals surface area contributed by atoms with Crippen LogP contribution in [0.25, 0.3) is 11.9 Å². The summed E-state index contributed by atoms with van der Waals surface area (Å²) in [5.41, 5.74) is 4.10. The normalized spacial score (nSPS) is 18.3. The van der Waals surface area contributed by atoms with E-state index in [0.29, 0.717) is 6.04 Å². The van der Waals surface area contributed by atoms with Crippen molar-refractivity contribution in [1.29, 1.82) is 0 Å². The van der Waals surface area contributed by atoms with Gasteiger partial charge in [-0.2, -0.15) is 0 Å². The first-order chi connectivity index (χ1) is 15.5. The summed E-state index contributed by atoms with van der Waals surface area (Å²) >= 11 is 1.87. The lowest BCUT2D eigenvalue weighted by Gasteiger charge is -2.36. The fraction of sp³-hybridized carbons (Fsp3) is 0.370. The van der Waals surface area contributed by atoms with Gasteiger partial charge in [0.15, 0.2) is 0 Å². The smallest absolute Gasteiger partial charge is 0.102 e. The van der Waals surface area contributed by atoms with Crippen molar-refractivity contribution >= 4 is 28.2 Å². The van der Waals surface area contributed by atoms with Crippen molar-refractivity contribution < 1.29 is 0 Å². The van der Waals surface area contributed by atoms with Crippen LogP contribution in [0.2, 0.25) is 0 Å². The zero-order valence-electron chi connectivity index (χ0n) is 19.2. The Hall–Kier alpha value is -2.63. The highest BCUT2D eigenvalue weighted by molar-refractivity contribution is 7.16. The molecule has 4 heterocycles. The van der Waals surface area contributed by atoms with Crippen molar-refractivity contribution in [3.05, 3.63) is 81.3 Å². The van der Waals surface area contributed by atoms with Crippen LogP contribution in [0.5, 0.6) is 0 Å². The molecule has 5 rings (SSSR count). The van der Waals surface area contributed by atoms with Crippen LogP contribution in [-0.4, -0.2) is 35.6 Å². The molecule has 0 aliphatic carbocycles. The molecule has 2 aliphatic heterocycles. The number of nitrogens with one attached hydrogen (secondary N) is 2. The Labute approximate surface area is 194 Å². The number of benzene rings is 1. The molecule has 32 heavy (non-hydrogen) atoms. The van der Waals surface area contributed by atoms with Crippen LogP contribution in [0.1, 0.15) is 43.2 Å². The molecule has 1 fully saturated rings. The van der Waals surface area contributed by atoms with Crippen LogP contribution in [0.15, 0.2) is 54.7 Å². The number of fused-ring (bicyclic) bond motifs is 2. The van der Waals surface area contributed by atoms with Crippen LogP contribution < -0.4 is 21.2 Å². The molecule has 166 valence electrons. The van der Waals surface area contributed by atoms with Crippen LogP contribution in [0.3, 0.4) is 0 Å². The van der Waals surface area contributed by atoms with E-state index in [-0.39, 0.29) is 5.41 Å². The third kappa shape index (κ3) is 4.32. The van der Waals surface area contributed by atoms with E-state index >= 15 is 0 Å². The molecular formula is C27H32N4S. The van der Waals surface area contributed by atoms with Crippen LogP contribution >= 0.6 is 11.3 Å². The summed E-state index contributed by atoms with van der Waals surface area (Å²) in [5, 5.41) is 10.8. The second-order valence-electron chi connectivity index (χ2n) is 9.80. The molecule has 0 spiro atoms. The van der Waals surface area contributed by atoms with Gasteiger partial charge in [0.25, 0.3) is 0 Å². The molecule has 2 aromatic heterocycles. The third-order valence-corrected chi connectivity index (χ3v) is 7.84. The van der Waals surface area contributed by atoms with Crippen LogP contribution in [-0.2, 0) is 11.8 Å². The first-order valence-electron chi connectivity index (χ1n) is 11.6. The molecule has 1 unspecified atom stereocenters. The summed E-state index contributed by atoms with van der Waals surface area (Å²) in [7, 11) is 0. The number of hydrogen-bond acceptors (Lipinski definition) is 5. The molecular weight excluding hydrogens is 412 g/mol. The van der Waals surface area contributed by atoms with Gasteiger partial charge in [-0.1, -0.05) is 51.1 Å². The van der Waals surface area contributed by atoms with E-state index in [1.807, 2.05) is 23.6 Å². The van der Waals surface area contributed by atoms with E-state index in [1.54, 1.807) is 0 Å². The standard InChI is InChI=1S/C27H32N4S/c1-27(2,3)23-16-22-25(24-20(10-7-13-29-24)17-30-26(22)32-23)31-15-14-28-21(18-31)12-11-19-8-5-4-6-9-19/h4-10,13,16-17,21,28,30H,11-12,14-15,18H2,1-3H3. The Morgan fingerprint density at radius 1 is 1.12 bits per heavy atom. The van der Waals surface area contributed by atoms with Gasteiger partial charge in [0.1, 0.15) is 5.00 Å². The highest BCUT2D eigenvalue weighted by Gasteiger charge is 2.28. The number of pyridine rings is 1. The van der Waals surface area contributed by atoms with Crippen molar-refractivity contribution in [1.82, 2.24) is 15.2 Å². The first-order valence-corrected chi connectivity index (χ1v) is 12.4. The topological polar surface area (TPSA) is 40.2 Å². The van der Waals surface area contributed by atoms with Gasteiger partial charge in [0.2, 0.25) is 0 Å². The Kier molecular flexibility index (Phi) is 5.78. The summed E-state index contributed by atoms with van der Waals surface area (Å²) in [5.74, 6) is 0. The van der Waals surface area contributed by atoms with Crippen molar-refractivity contribution in [3.63, 3.8) is 0 Å². The molecule has 5 heteroatoms. The van der Waals surface area contributed by atoms with Crippen LogP contribution in [0, 0.1) is 0 Å². The van der Waals surface area contributed by atoms with E-state index in [4.69, 9.17) is 4.98 Å². The zero-order valence-corrected chi connectivity index (χ0v) is 20.0. The number of nitrogens with zero attached hydrogens (tertiary/aromatic N) is 2. The van der Waals surface area contributed by atoms with Gasteiger partial charge in [-0.3, -0.25) is 4.98 Å². The summed E-state index contributed by atoms with van der Waals surface area (Å²) in [6.07, 6.45) is 6.27. The fourth-order valence-corrected chi connectivity index (χ4v) is 5.66. The molecule has 4 nitrogen and oxygen atoms in total. The molecule has 0 radical (unpaired) electrons. The van der Waals surface area contributed by atoms with Crippen LogP contribution in [0.4, 0.5) is 5.00 Å². The first kappa shape index (κ1) is 21.2. The molecule has 2 N–H and O–H groups in total. The molecule has 0 saturated carbocycles. The van der Waals surface area contributed by atoms with Crippen molar-refractivity contribution in [3.8, 4) is 0 Å². The minimum Gasteiger partial charge on any atom is -0.366 e. The van der Waals surface area contributed by atoms with Gasteiger partial charge >= 0.3 is 0 Å². The number of aryl methyl sites for hydroxylation is 1. The van der Waals surface area contributed by atoms with Gasteiger partial charge < -0.3 is 15.5 Å². The SMILES string of the molecule is CC(C)(C)c1cc2c(s1)NC=c1cccnc1=C2N1CCNC(CCc2ccccc2)C1. The monoisotopic (exact) mass is 444 g/mol. The highest BCUT2D eigenvalue weighted by atomic mass is 32.1. The highest BCUT2D eigenvalue weighted by Crippen LogP contribution is 2.40. The van der Waals surface area contributed by atoms with Gasteiger partial charge in [0, 0.05) is 53.7 Å². The number of thiophene rings is 1. The van der Waals surface area contributed by atoms with Crippen molar-refractivity contribution in [2.24, 2.45) is 0 Å². The maximum atomic E-state index is 4.86. The Morgan fingerprint density at radius 2 is 1.97 bits per heavy atom. The minimum absolute atomic E-state index is 0.123. The lowest BCUT2D eigenvalue weighted by atomic mass is 9.93. The van der Waals surface area contributed by atoms with E-state index in [0.717, 1.165) is 43.0 Å². The lowest BCUT2D eigenvalue weighted by molar-refractivity contribution is 0.268. The predicted molar refractivity (Wildman–Crippen MR) is 135 cm³/mol. The number of rotatable bonds is 4. The molecule has 1 aromatic carbocycles. The van der Waals surface area contributed by atoms with Gasteiger partial charge in [0.05, 0.1) is 11.0 Å².